The monoisotopic (exact) mass is 227 g/mol. The minimum Gasteiger partial charge on any atom is -0.368 e. The van der Waals surface area contributed by atoms with Crippen LogP contribution in [0.2, 0.25) is 0 Å². The van der Waals surface area contributed by atoms with Crippen LogP contribution >= 0.6 is 0 Å². The molecular weight excluding hydrogens is 198 g/mol. The lowest BCUT2D eigenvalue weighted by Crippen LogP contribution is -2.48. The number of rotatable bonds is 4. The molecule has 0 aromatic rings. The average molecular weight is 227 g/mol. The summed E-state index contributed by atoms with van der Waals surface area (Å²) in [5.41, 5.74) is -0.0401. The predicted octanol–water partition coefficient (Wildman–Crippen LogP) is 3.36. The van der Waals surface area contributed by atoms with E-state index >= 15 is 0 Å². The number of hydrogen-bond acceptors (Lipinski definition) is 2. The van der Waals surface area contributed by atoms with E-state index in [0.717, 1.165) is 12.3 Å². The second-order valence-electron chi connectivity index (χ2n) is 6.56. The number of nitrogens with one attached hydrogen (secondary N) is 1. The summed E-state index contributed by atoms with van der Waals surface area (Å²) in [6, 6.07) is 1.03. The second-order valence-corrected chi connectivity index (χ2v) is 6.56. The maximum Gasteiger partial charge on any atom is 0.0787 e. The Morgan fingerprint density at radius 1 is 1.25 bits per heavy atom. The largest absolute Gasteiger partial charge is 0.368 e. The fraction of sp³-hybridized carbons (Fsp3) is 1.00. The second kappa shape index (κ2) is 4.66. The Kier molecular flexibility index (Phi) is 4.07. The van der Waals surface area contributed by atoms with Crippen LogP contribution in [0.3, 0.4) is 0 Å². The Balaban J connectivity index is 2.61. The molecule has 1 fully saturated rings. The van der Waals surface area contributed by atoms with Gasteiger partial charge in [-0.1, -0.05) is 20.3 Å². The van der Waals surface area contributed by atoms with Crippen molar-refractivity contribution in [3.8, 4) is 0 Å². The van der Waals surface area contributed by atoms with Crippen molar-refractivity contribution in [2.45, 2.75) is 84.6 Å². The van der Waals surface area contributed by atoms with Crippen LogP contribution in [0.25, 0.3) is 0 Å². The van der Waals surface area contributed by atoms with Gasteiger partial charge in [0.2, 0.25) is 0 Å². The maximum absolute atomic E-state index is 6.10. The Bertz CT molecular complexity index is 235. The van der Waals surface area contributed by atoms with Crippen LogP contribution in [-0.2, 0) is 4.74 Å². The van der Waals surface area contributed by atoms with Crippen molar-refractivity contribution in [3.63, 3.8) is 0 Å². The third-order valence-electron chi connectivity index (χ3n) is 4.04. The molecule has 1 aliphatic heterocycles. The first-order chi connectivity index (χ1) is 7.18. The fourth-order valence-corrected chi connectivity index (χ4v) is 2.66. The first-order valence-electron chi connectivity index (χ1n) is 6.64. The molecule has 1 saturated heterocycles. The van der Waals surface area contributed by atoms with E-state index in [4.69, 9.17) is 4.74 Å². The van der Waals surface area contributed by atoms with Gasteiger partial charge in [0.1, 0.15) is 0 Å². The molecule has 0 bridgehead atoms. The zero-order valence-electron chi connectivity index (χ0n) is 12.1. The van der Waals surface area contributed by atoms with E-state index in [1.165, 1.54) is 6.42 Å². The Hall–Kier alpha value is -0.0800. The molecule has 0 radical (unpaired) electrons. The third-order valence-corrected chi connectivity index (χ3v) is 4.04. The molecule has 1 N–H and O–H groups in total. The van der Waals surface area contributed by atoms with Gasteiger partial charge in [-0.2, -0.15) is 0 Å². The van der Waals surface area contributed by atoms with E-state index in [-0.39, 0.29) is 11.2 Å². The summed E-state index contributed by atoms with van der Waals surface area (Å²) < 4.78 is 6.10. The van der Waals surface area contributed by atoms with Crippen molar-refractivity contribution in [1.29, 1.82) is 0 Å². The van der Waals surface area contributed by atoms with Crippen molar-refractivity contribution in [2.75, 3.05) is 0 Å². The maximum atomic E-state index is 6.10. The van der Waals surface area contributed by atoms with Crippen molar-refractivity contribution in [3.05, 3.63) is 0 Å². The normalized spacial score (nSPS) is 31.3. The van der Waals surface area contributed by atoms with Crippen molar-refractivity contribution in [2.24, 2.45) is 5.92 Å². The van der Waals surface area contributed by atoms with Crippen molar-refractivity contribution >= 4 is 0 Å². The quantitative estimate of drug-likeness (QED) is 0.795. The van der Waals surface area contributed by atoms with E-state index < -0.39 is 0 Å². The highest BCUT2D eigenvalue weighted by molar-refractivity contribution is 4.99. The van der Waals surface area contributed by atoms with Gasteiger partial charge in [-0.05, 0) is 47.0 Å². The molecular formula is C14H29NO. The topological polar surface area (TPSA) is 21.3 Å². The molecule has 1 aliphatic rings. The van der Waals surface area contributed by atoms with Gasteiger partial charge in [-0.25, -0.2) is 0 Å². The minimum atomic E-state index is -0.0504. The zero-order chi connectivity index (χ0) is 12.6. The first-order valence-corrected chi connectivity index (χ1v) is 6.64. The van der Waals surface area contributed by atoms with E-state index in [1.807, 2.05) is 0 Å². The molecule has 0 amide bonds. The van der Waals surface area contributed by atoms with Crippen LogP contribution in [0, 0.1) is 5.92 Å². The smallest absolute Gasteiger partial charge is 0.0787 e. The molecule has 96 valence electrons. The SMILES string of the molecule is CCC(C)C(C)NC1CC(C)(C)OC1(C)C. The Morgan fingerprint density at radius 2 is 1.81 bits per heavy atom. The predicted molar refractivity (Wildman–Crippen MR) is 69.7 cm³/mol. The van der Waals surface area contributed by atoms with Crippen LogP contribution in [0.5, 0.6) is 0 Å². The lowest BCUT2D eigenvalue weighted by atomic mass is 9.91. The standard InChI is InChI=1S/C14H29NO/c1-8-10(2)11(3)15-12-9-13(4,5)16-14(12,6)7/h10-12,15H,8-9H2,1-7H3. The summed E-state index contributed by atoms with van der Waals surface area (Å²) in [6.45, 7) is 15.6. The summed E-state index contributed by atoms with van der Waals surface area (Å²) in [4.78, 5) is 0. The summed E-state index contributed by atoms with van der Waals surface area (Å²) in [5, 5.41) is 3.75. The number of hydrogen-bond donors (Lipinski definition) is 1. The molecule has 0 spiro atoms. The van der Waals surface area contributed by atoms with Gasteiger partial charge in [0.15, 0.2) is 0 Å². The van der Waals surface area contributed by atoms with Crippen LogP contribution in [0.15, 0.2) is 0 Å². The van der Waals surface area contributed by atoms with Gasteiger partial charge >= 0.3 is 0 Å². The van der Waals surface area contributed by atoms with Gasteiger partial charge < -0.3 is 10.1 Å². The molecule has 0 aromatic carbocycles. The van der Waals surface area contributed by atoms with Crippen LogP contribution < -0.4 is 5.32 Å². The van der Waals surface area contributed by atoms with E-state index in [0.29, 0.717) is 12.1 Å². The van der Waals surface area contributed by atoms with Gasteiger partial charge in [-0.3, -0.25) is 0 Å². The molecule has 1 rings (SSSR count). The zero-order valence-corrected chi connectivity index (χ0v) is 12.1. The summed E-state index contributed by atoms with van der Waals surface area (Å²) in [5.74, 6) is 0.722. The van der Waals surface area contributed by atoms with Crippen LogP contribution in [0.1, 0.15) is 61.3 Å². The molecule has 3 atom stereocenters. The Morgan fingerprint density at radius 3 is 2.19 bits per heavy atom. The molecule has 3 unspecified atom stereocenters. The summed E-state index contributed by atoms with van der Waals surface area (Å²) >= 11 is 0. The van der Waals surface area contributed by atoms with Crippen LogP contribution in [0.4, 0.5) is 0 Å². The summed E-state index contributed by atoms with van der Waals surface area (Å²) in [7, 11) is 0. The molecule has 0 aromatic heterocycles. The minimum absolute atomic E-state index is 0.0103. The highest BCUT2D eigenvalue weighted by Gasteiger charge is 2.46. The van der Waals surface area contributed by atoms with E-state index in [1.54, 1.807) is 0 Å². The lowest BCUT2D eigenvalue weighted by Gasteiger charge is -2.31. The van der Waals surface area contributed by atoms with Gasteiger partial charge in [0.05, 0.1) is 11.2 Å². The highest BCUT2D eigenvalue weighted by Crippen LogP contribution is 2.37. The van der Waals surface area contributed by atoms with E-state index in [9.17, 15) is 0 Å². The molecule has 0 aliphatic carbocycles. The molecule has 2 heteroatoms. The highest BCUT2D eigenvalue weighted by atomic mass is 16.5. The molecule has 2 nitrogen and oxygen atoms in total. The van der Waals surface area contributed by atoms with Crippen molar-refractivity contribution < 1.29 is 4.74 Å². The van der Waals surface area contributed by atoms with Crippen molar-refractivity contribution in [1.82, 2.24) is 5.32 Å². The fourth-order valence-electron chi connectivity index (χ4n) is 2.66. The van der Waals surface area contributed by atoms with Gasteiger partial charge in [0.25, 0.3) is 0 Å². The van der Waals surface area contributed by atoms with Crippen LogP contribution in [-0.4, -0.2) is 23.3 Å². The summed E-state index contributed by atoms with van der Waals surface area (Å²) in [6.07, 6.45) is 2.33. The van der Waals surface area contributed by atoms with Gasteiger partial charge in [-0.15, -0.1) is 0 Å². The third kappa shape index (κ3) is 3.21. The molecule has 0 saturated carbocycles. The number of ether oxygens (including phenoxy) is 1. The van der Waals surface area contributed by atoms with Gasteiger partial charge in [0, 0.05) is 12.1 Å². The molecule has 1 heterocycles. The lowest BCUT2D eigenvalue weighted by molar-refractivity contribution is -0.0706. The first kappa shape index (κ1) is 14.0. The molecule has 16 heavy (non-hydrogen) atoms. The van der Waals surface area contributed by atoms with E-state index in [2.05, 4.69) is 53.8 Å². The Labute approximate surface area is 101 Å². The average Bonchev–Trinajstić information content (AvgIpc) is 2.32.